The van der Waals surface area contributed by atoms with E-state index in [9.17, 15) is 30.3 Å². The van der Waals surface area contributed by atoms with Gasteiger partial charge in [0.2, 0.25) is 11.3 Å². The molecule has 276 valence electrons. The number of nitrogens with zero attached hydrogens (tertiary/aromatic N) is 2. The normalized spacial score (nSPS) is 30.4. The molecule has 1 aromatic carbocycles. The number of ether oxygens (including phenoxy) is 1. The van der Waals surface area contributed by atoms with Gasteiger partial charge in [-0.15, -0.1) is 0 Å². The molecule has 1 aliphatic carbocycles. The van der Waals surface area contributed by atoms with Crippen LogP contribution in [-0.4, -0.2) is 105 Å². The van der Waals surface area contributed by atoms with E-state index in [1.807, 2.05) is 19.1 Å². The predicted octanol–water partition coefficient (Wildman–Crippen LogP) is -0.761. The highest BCUT2D eigenvalue weighted by atomic mass is 17.2. The summed E-state index contributed by atoms with van der Waals surface area (Å²) in [4.78, 5) is 35.7. The van der Waals surface area contributed by atoms with E-state index >= 15 is 0 Å². The highest BCUT2D eigenvalue weighted by Gasteiger charge is 2.53. The number of rotatable bonds is 12. The first-order chi connectivity index (χ1) is 25.0. The van der Waals surface area contributed by atoms with Crippen molar-refractivity contribution in [3.05, 3.63) is 82.3 Å². The highest BCUT2D eigenvalue weighted by molar-refractivity contribution is 6.07. The Morgan fingerprint density at radius 2 is 1.94 bits per heavy atom. The van der Waals surface area contributed by atoms with E-state index in [0.29, 0.717) is 40.3 Å². The van der Waals surface area contributed by atoms with E-state index in [0.717, 1.165) is 58.8 Å². The zero-order valence-corrected chi connectivity index (χ0v) is 29.2. The Bertz CT molecular complexity index is 2000. The predicted molar refractivity (Wildman–Crippen MR) is 188 cm³/mol. The zero-order valence-electron chi connectivity index (χ0n) is 29.2. The molecule has 0 bridgehead atoms. The van der Waals surface area contributed by atoms with Crippen LogP contribution in [0, 0.1) is 12.8 Å². The Kier molecular flexibility index (Phi) is 9.17. The molecule has 52 heavy (non-hydrogen) atoms. The quantitative estimate of drug-likeness (QED) is 0.108. The second kappa shape index (κ2) is 13.5. The summed E-state index contributed by atoms with van der Waals surface area (Å²) < 4.78 is 13.4. The second-order valence-electron chi connectivity index (χ2n) is 15.0. The molecular formula is C38H46N4O10+2. The molecule has 1 saturated carbocycles. The number of allylic oxidation sites excluding steroid dienone is 1. The molecule has 7 N–H and O–H groups in total. The third kappa shape index (κ3) is 5.92. The molecule has 6 aliphatic rings. The van der Waals surface area contributed by atoms with Crippen molar-refractivity contribution in [3.8, 4) is 5.75 Å². The van der Waals surface area contributed by atoms with E-state index in [-0.39, 0.29) is 23.9 Å². The monoisotopic (exact) mass is 718 g/mol. The minimum absolute atomic E-state index is 0.102. The molecule has 6 heterocycles. The van der Waals surface area contributed by atoms with Crippen molar-refractivity contribution in [2.45, 2.75) is 87.6 Å². The van der Waals surface area contributed by atoms with Gasteiger partial charge in [0.05, 0.1) is 23.8 Å². The molecule has 0 saturated heterocycles. The van der Waals surface area contributed by atoms with Crippen LogP contribution in [0.3, 0.4) is 0 Å². The van der Waals surface area contributed by atoms with Crippen LogP contribution in [-0.2, 0) is 16.2 Å². The Balaban J connectivity index is 1.09. The molecule has 1 fully saturated rings. The van der Waals surface area contributed by atoms with E-state index in [2.05, 4.69) is 16.2 Å². The summed E-state index contributed by atoms with van der Waals surface area (Å²) >= 11 is 0. The number of aryl methyl sites for hydroxylation is 1. The van der Waals surface area contributed by atoms with Crippen LogP contribution < -0.4 is 20.0 Å². The third-order valence-corrected chi connectivity index (χ3v) is 11.8. The number of nitrogens with one attached hydrogen (secondary N) is 2. The first-order valence-electron chi connectivity index (χ1n) is 18.0. The summed E-state index contributed by atoms with van der Waals surface area (Å²) in [6.45, 7) is 2.70. The molecular weight excluding hydrogens is 672 g/mol. The Morgan fingerprint density at radius 1 is 1.13 bits per heavy atom. The van der Waals surface area contributed by atoms with Crippen LogP contribution in [0.4, 0.5) is 5.69 Å². The van der Waals surface area contributed by atoms with Gasteiger partial charge < -0.3 is 34.7 Å². The van der Waals surface area contributed by atoms with Gasteiger partial charge in [0, 0.05) is 42.4 Å². The summed E-state index contributed by atoms with van der Waals surface area (Å²) in [6.07, 6.45) is 11.0. The molecule has 9 atom stereocenters. The average Bonchev–Trinajstić information content (AvgIpc) is 3.96. The van der Waals surface area contributed by atoms with Crippen LogP contribution >= 0.6 is 0 Å². The first kappa shape index (κ1) is 35.2. The van der Waals surface area contributed by atoms with Gasteiger partial charge in [-0.05, 0) is 44.9 Å². The standard InChI is InChI=1S/C38H44N4O10/c1-21-13-29(44)25-14-23-15-32(52-49-19-31(46)38(48,36(47)30(45)18-43)20-41-12-9-26-28(41)8-11-39-26)37(2,24-5-3-4-6-24)51-34(23)33(35(25)50-21)42-16-22-7-10-40-27(22)17-42/h7-14,16,24,28,30-32,36,43,45-48H,3-6,15,17-20H2,1-2H3/p+2. The lowest BCUT2D eigenvalue weighted by Gasteiger charge is -2.45. The molecule has 0 radical (unpaired) electrons. The number of hydrogen-bond donors (Lipinski definition) is 7. The van der Waals surface area contributed by atoms with Crippen LogP contribution in [0.5, 0.6) is 5.75 Å². The number of hydrogen-bond acceptors (Lipinski definition) is 12. The molecule has 5 aliphatic heterocycles. The van der Waals surface area contributed by atoms with Crippen molar-refractivity contribution in [1.82, 2.24) is 0 Å². The van der Waals surface area contributed by atoms with Gasteiger partial charge in [-0.1, -0.05) is 12.8 Å². The highest BCUT2D eigenvalue weighted by Crippen LogP contribution is 2.48. The molecule has 14 heteroatoms. The fraction of sp³-hybridized carbons (Fsp3) is 0.500. The van der Waals surface area contributed by atoms with Gasteiger partial charge in [0.1, 0.15) is 73.1 Å². The molecule has 14 nitrogen and oxygen atoms in total. The third-order valence-electron chi connectivity index (χ3n) is 11.8. The van der Waals surface area contributed by atoms with Crippen molar-refractivity contribution >= 4 is 28.1 Å². The zero-order chi connectivity index (χ0) is 36.4. The smallest absolute Gasteiger partial charge is 0.222 e. The Morgan fingerprint density at radius 3 is 2.71 bits per heavy atom. The number of aliphatic imine (C=N–C) groups is 2. The van der Waals surface area contributed by atoms with Crippen LogP contribution in [0.15, 0.2) is 79.9 Å². The minimum Gasteiger partial charge on any atom is -0.478 e. The fourth-order valence-corrected chi connectivity index (χ4v) is 8.73. The summed E-state index contributed by atoms with van der Waals surface area (Å²) in [7, 11) is 0. The largest absolute Gasteiger partial charge is 0.478 e. The van der Waals surface area contributed by atoms with E-state index in [1.54, 1.807) is 37.7 Å². The molecule has 0 amide bonds. The molecule has 8 rings (SSSR count). The van der Waals surface area contributed by atoms with Gasteiger partial charge in [0.25, 0.3) is 0 Å². The lowest BCUT2D eigenvalue weighted by molar-refractivity contribution is -0.861. The van der Waals surface area contributed by atoms with Crippen LogP contribution in [0.2, 0.25) is 0 Å². The summed E-state index contributed by atoms with van der Waals surface area (Å²) in [5.41, 5.74) is 1.31. The average molecular weight is 719 g/mol. The van der Waals surface area contributed by atoms with Gasteiger partial charge >= 0.3 is 0 Å². The summed E-state index contributed by atoms with van der Waals surface area (Å²) in [6, 6.07) is 3.05. The molecule has 0 spiro atoms. The Hall–Kier alpha value is -3.83. The Labute approximate surface area is 299 Å². The maximum absolute atomic E-state index is 13.4. The second-order valence-corrected chi connectivity index (χ2v) is 15.0. The summed E-state index contributed by atoms with van der Waals surface area (Å²) in [5, 5.41) is 54.6. The maximum Gasteiger partial charge on any atom is 0.222 e. The van der Waals surface area contributed by atoms with E-state index in [1.165, 1.54) is 6.07 Å². The van der Waals surface area contributed by atoms with Crippen molar-refractivity contribution in [2.75, 3.05) is 26.3 Å². The van der Waals surface area contributed by atoms with Crippen LogP contribution in [0.1, 0.15) is 43.9 Å². The lowest BCUT2D eigenvalue weighted by atomic mass is 9.78. The molecule has 1 aromatic heterocycles. The van der Waals surface area contributed by atoms with E-state index in [4.69, 9.17) is 18.9 Å². The van der Waals surface area contributed by atoms with Crippen molar-refractivity contribution in [2.24, 2.45) is 15.9 Å². The van der Waals surface area contributed by atoms with Crippen molar-refractivity contribution < 1.29 is 54.3 Å². The number of fused-ring (bicyclic) bond motifs is 4. The topological polar surface area (TPSA) is 193 Å². The molecule has 9 unspecified atom stereocenters. The summed E-state index contributed by atoms with van der Waals surface area (Å²) in [5.74, 6) is 1.23. The number of aliphatic hydroxyl groups excluding tert-OH is 4. The van der Waals surface area contributed by atoms with Crippen molar-refractivity contribution in [3.63, 3.8) is 0 Å². The fourth-order valence-electron chi connectivity index (χ4n) is 8.73. The van der Waals surface area contributed by atoms with Gasteiger partial charge in [0.15, 0.2) is 22.8 Å². The van der Waals surface area contributed by atoms with Crippen LogP contribution in [0.25, 0.3) is 11.0 Å². The number of benzene rings is 1. The van der Waals surface area contributed by atoms with E-state index < -0.39 is 48.8 Å². The van der Waals surface area contributed by atoms with Gasteiger partial charge in [-0.25, -0.2) is 9.78 Å². The number of aliphatic hydroxyl groups is 5. The lowest BCUT2D eigenvalue weighted by Crippen LogP contribution is -3.13. The van der Waals surface area contributed by atoms with Crippen molar-refractivity contribution in [1.29, 1.82) is 0 Å². The minimum atomic E-state index is -2.31. The van der Waals surface area contributed by atoms with Gasteiger partial charge in [-0.2, -0.15) is 0 Å². The number of quaternary nitrogens is 2. The maximum atomic E-state index is 13.4. The SMILES string of the molecule is Cc1cc(=O)c2cc3c(c([NH+]4C=C5C=CN=C5C4)c2o1)OC(C)(C1CCCC1)C(OOCC(O)C(O)(C[NH+]1C=CC2=NC=CC21)C(O)C(O)CO)C3. The first-order valence-corrected chi connectivity index (χ1v) is 18.0. The van der Waals surface area contributed by atoms with Gasteiger partial charge in [-0.3, -0.25) is 24.6 Å². The molecule has 2 aromatic rings.